The summed E-state index contributed by atoms with van der Waals surface area (Å²) in [5, 5.41) is 11.0. The molecule has 0 saturated carbocycles. The highest BCUT2D eigenvalue weighted by atomic mass is 32.3. The van der Waals surface area contributed by atoms with Gasteiger partial charge in [0.05, 0.1) is 40.7 Å². The van der Waals surface area contributed by atoms with Crippen molar-refractivity contribution in [2.75, 3.05) is 6.61 Å². The molecule has 0 spiro atoms. The van der Waals surface area contributed by atoms with E-state index in [1.54, 1.807) is 30.3 Å². The lowest BCUT2D eigenvalue weighted by atomic mass is 10.0. The number of benzene rings is 2. The first-order valence-corrected chi connectivity index (χ1v) is 13.6. The number of pyridine rings is 2. The summed E-state index contributed by atoms with van der Waals surface area (Å²) < 4.78 is 47.8. The van der Waals surface area contributed by atoms with E-state index in [1.807, 2.05) is 32.3 Å². The first-order chi connectivity index (χ1) is 18.5. The number of fused-ring (bicyclic) bond motifs is 4. The van der Waals surface area contributed by atoms with E-state index < -0.39 is 10.5 Å². The Kier molecular flexibility index (Phi) is 6.52. The Hall–Kier alpha value is -4.43. The average molecular weight is 549 g/mol. The number of H-pyrrole nitrogens is 1. The lowest BCUT2D eigenvalue weighted by Gasteiger charge is -2.20. The molecule has 0 bridgehead atoms. The Morgan fingerprint density at radius 2 is 1.87 bits per heavy atom. The van der Waals surface area contributed by atoms with Gasteiger partial charge >= 0.3 is 10.5 Å². The van der Waals surface area contributed by atoms with E-state index in [9.17, 15) is 22.4 Å². The van der Waals surface area contributed by atoms with Gasteiger partial charge in [0.15, 0.2) is 11.2 Å². The number of hydrogen-bond donors (Lipinski definition) is 1. The molecule has 0 radical (unpaired) electrons. The number of nitrogens with zero attached hydrogens (tertiary/aromatic N) is 3. The van der Waals surface area contributed by atoms with Crippen LogP contribution in [0.1, 0.15) is 39.3 Å². The molecule has 39 heavy (non-hydrogen) atoms. The van der Waals surface area contributed by atoms with E-state index in [2.05, 4.69) is 20.2 Å². The highest BCUT2D eigenvalue weighted by molar-refractivity contribution is 7.81. The van der Waals surface area contributed by atoms with E-state index >= 15 is 0 Å². The summed E-state index contributed by atoms with van der Waals surface area (Å²) in [7, 11) is -5.25. The van der Waals surface area contributed by atoms with Crippen molar-refractivity contribution in [3.05, 3.63) is 64.6 Å². The largest absolute Gasteiger partial charge is 0.493 e. The summed E-state index contributed by atoms with van der Waals surface area (Å²) in [6.45, 7) is 8.30. The second-order valence-electron chi connectivity index (χ2n) is 9.97. The Morgan fingerprint density at radius 1 is 1.10 bits per heavy atom. The minimum absolute atomic E-state index is 0.0844. The van der Waals surface area contributed by atoms with Crippen molar-refractivity contribution in [3.63, 3.8) is 0 Å². The molecule has 0 fully saturated rings. The second-order valence-corrected chi connectivity index (χ2v) is 10.9. The van der Waals surface area contributed by atoms with Crippen LogP contribution < -0.4 is 14.3 Å². The van der Waals surface area contributed by atoms with E-state index in [1.165, 1.54) is 12.3 Å². The van der Waals surface area contributed by atoms with Gasteiger partial charge in [0.25, 0.3) is 0 Å². The fraction of sp³-hybridized carbons (Fsp3) is 0.250. The van der Waals surface area contributed by atoms with Gasteiger partial charge in [0.2, 0.25) is 0 Å². The molecule has 5 rings (SSSR count). The van der Waals surface area contributed by atoms with Crippen molar-refractivity contribution in [1.82, 2.24) is 14.5 Å². The second kappa shape index (κ2) is 9.71. The molecule has 11 heteroatoms. The lowest BCUT2D eigenvalue weighted by Crippen LogP contribution is -2.14. The van der Waals surface area contributed by atoms with Gasteiger partial charge in [-0.2, -0.15) is 13.7 Å². The van der Waals surface area contributed by atoms with Gasteiger partial charge in [-0.25, -0.2) is 0 Å². The summed E-state index contributed by atoms with van der Waals surface area (Å²) in [6.07, 6.45) is 2.56. The van der Waals surface area contributed by atoms with Crippen LogP contribution in [0.5, 0.6) is 11.5 Å². The first-order valence-electron chi connectivity index (χ1n) is 12.3. The third kappa shape index (κ3) is 4.91. The first kappa shape index (κ1) is 26.2. The Morgan fingerprint density at radius 3 is 2.54 bits per heavy atom. The molecule has 0 atom stereocenters. The molecule has 0 unspecified atom stereocenters. The van der Waals surface area contributed by atoms with Crippen LogP contribution >= 0.6 is 0 Å². The van der Waals surface area contributed by atoms with Crippen LogP contribution in [-0.2, 0) is 10.5 Å². The minimum atomic E-state index is -5.25. The Labute approximate surface area is 223 Å². The molecule has 3 heterocycles. The lowest BCUT2D eigenvalue weighted by molar-refractivity contribution is 0.272. The fourth-order valence-electron chi connectivity index (χ4n) is 4.73. The number of aromatic amines is 1. The van der Waals surface area contributed by atoms with Crippen LogP contribution in [0.3, 0.4) is 0 Å². The highest BCUT2D eigenvalue weighted by Crippen LogP contribution is 2.38. The predicted octanol–water partition coefficient (Wildman–Crippen LogP) is 5.78. The summed E-state index contributed by atoms with van der Waals surface area (Å²) in [5.74, 6) is 0.262. The summed E-state index contributed by atoms with van der Waals surface area (Å²) in [4.78, 5) is 21.3. The van der Waals surface area contributed by atoms with Crippen molar-refractivity contribution < 1.29 is 21.2 Å². The standard InChI is InChI=1S/C28H25FN4O5S/c1-15(2)14-37-25-10-22-24(9-21(25)18-8-19(13-31-12-18)38-39(29,35)36)33(16(3)4)28-26(27(22)34)20-6-5-17(11-30)7-23(20)32-28/h5-10,12-13,15-16,32H,14H2,1-4H3. The number of aromatic nitrogens is 3. The monoisotopic (exact) mass is 548 g/mol. The van der Waals surface area contributed by atoms with Crippen molar-refractivity contribution in [2.24, 2.45) is 5.92 Å². The molecule has 5 aromatic rings. The SMILES string of the molecule is CC(C)COc1cc2c(=O)c3c4ccc(C#N)cc4[nH]c3n(C(C)C)c2cc1-c1cncc(OS(=O)(=O)F)c1. The topological polar surface area (TPSA) is 127 Å². The molecular weight excluding hydrogens is 523 g/mol. The van der Waals surface area contributed by atoms with Gasteiger partial charge in [-0.15, -0.1) is 0 Å². The van der Waals surface area contributed by atoms with Gasteiger partial charge in [-0.05, 0) is 50.1 Å². The molecular formula is C28H25FN4O5S. The smallest absolute Gasteiger partial charge is 0.488 e. The van der Waals surface area contributed by atoms with Gasteiger partial charge in [0, 0.05) is 34.3 Å². The molecule has 0 aliphatic rings. The van der Waals surface area contributed by atoms with E-state index in [0.717, 1.165) is 6.20 Å². The average Bonchev–Trinajstić information content (AvgIpc) is 3.24. The third-order valence-corrected chi connectivity index (χ3v) is 6.68. The summed E-state index contributed by atoms with van der Waals surface area (Å²) >= 11 is 0. The van der Waals surface area contributed by atoms with Crippen LogP contribution in [0.4, 0.5) is 3.89 Å². The van der Waals surface area contributed by atoms with E-state index in [4.69, 9.17) is 4.74 Å². The third-order valence-electron chi connectivity index (χ3n) is 6.29. The maximum atomic E-state index is 13.9. The van der Waals surface area contributed by atoms with Gasteiger partial charge in [0.1, 0.15) is 11.4 Å². The molecule has 9 nitrogen and oxygen atoms in total. The normalized spacial score (nSPS) is 12.1. The molecule has 0 amide bonds. The zero-order valence-electron chi connectivity index (χ0n) is 21.6. The minimum Gasteiger partial charge on any atom is -0.493 e. The maximum Gasteiger partial charge on any atom is 0.488 e. The fourth-order valence-corrected chi connectivity index (χ4v) is 5.05. The van der Waals surface area contributed by atoms with Crippen LogP contribution in [0.15, 0.2) is 53.6 Å². The molecule has 2 aromatic carbocycles. The van der Waals surface area contributed by atoms with Crippen molar-refractivity contribution in [2.45, 2.75) is 33.7 Å². The predicted molar refractivity (Wildman–Crippen MR) is 147 cm³/mol. The van der Waals surface area contributed by atoms with Crippen LogP contribution in [0, 0.1) is 17.2 Å². The number of nitriles is 1. The van der Waals surface area contributed by atoms with Crippen LogP contribution in [-0.4, -0.2) is 29.6 Å². The Bertz CT molecular complexity index is 1970. The molecule has 1 N–H and O–H groups in total. The van der Waals surface area contributed by atoms with Crippen LogP contribution in [0.25, 0.3) is 44.0 Å². The number of rotatable bonds is 7. The highest BCUT2D eigenvalue weighted by Gasteiger charge is 2.21. The van der Waals surface area contributed by atoms with Gasteiger partial charge < -0.3 is 18.5 Å². The number of hydrogen-bond acceptors (Lipinski definition) is 7. The van der Waals surface area contributed by atoms with Gasteiger partial charge in [-0.1, -0.05) is 23.8 Å². The quantitative estimate of drug-likeness (QED) is 0.256. The van der Waals surface area contributed by atoms with E-state index in [-0.39, 0.29) is 23.1 Å². The molecule has 0 saturated heterocycles. The summed E-state index contributed by atoms with van der Waals surface area (Å²) in [6, 6.07) is 12.0. The zero-order valence-corrected chi connectivity index (χ0v) is 22.5. The molecule has 0 aliphatic carbocycles. The molecule has 200 valence electrons. The number of nitrogens with one attached hydrogen (secondary N) is 1. The number of halogens is 1. The maximum absolute atomic E-state index is 13.9. The van der Waals surface area contributed by atoms with E-state index in [0.29, 0.717) is 61.9 Å². The van der Waals surface area contributed by atoms with Crippen molar-refractivity contribution >= 4 is 43.3 Å². The van der Waals surface area contributed by atoms with Gasteiger partial charge in [-0.3, -0.25) is 9.78 Å². The Balaban J connectivity index is 1.86. The molecule has 3 aromatic heterocycles. The summed E-state index contributed by atoms with van der Waals surface area (Å²) in [5.41, 5.74) is 3.08. The zero-order chi connectivity index (χ0) is 28.1. The van der Waals surface area contributed by atoms with Crippen LogP contribution in [0.2, 0.25) is 0 Å². The number of ether oxygens (including phenoxy) is 1. The van der Waals surface area contributed by atoms with Crippen molar-refractivity contribution in [3.8, 4) is 28.7 Å². The molecule has 0 aliphatic heterocycles. The van der Waals surface area contributed by atoms with Crippen molar-refractivity contribution in [1.29, 1.82) is 5.26 Å².